The minimum absolute atomic E-state index is 0.0167. The number of rotatable bonds is 3. The lowest BCUT2D eigenvalue weighted by atomic mass is 10.2. The molecule has 8 heteroatoms. The molecule has 1 aromatic heterocycles. The average molecular weight is 283 g/mol. The summed E-state index contributed by atoms with van der Waals surface area (Å²) in [5, 5.41) is 14.9. The summed E-state index contributed by atoms with van der Waals surface area (Å²) in [5.74, 6) is 0. The van der Waals surface area contributed by atoms with E-state index in [1.807, 2.05) is 6.07 Å². The van der Waals surface area contributed by atoms with E-state index in [0.29, 0.717) is 0 Å². The lowest BCUT2D eigenvalue weighted by molar-refractivity contribution is 0.601. The molecule has 6 nitrogen and oxygen atoms in total. The number of nitrogens with one attached hydrogen (secondary N) is 2. The van der Waals surface area contributed by atoms with Gasteiger partial charge in [0.15, 0.2) is 0 Å². The van der Waals surface area contributed by atoms with Crippen molar-refractivity contribution >= 4 is 27.3 Å². The molecule has 0 radical (unpaired) electrons. The van der Waals surface area contributed by atoms with Gasteiger partial charge in [0, 0.05) is 6.20 Å². The van der Waals surface area contributed by atoms with Crippen LogP contribution in [0.5, 0.6) is 0 Å². The summed E-state index contributed by atoms with van der Waals surface area (Å²) in [5.41, 5.74) is 0.558. The van der Waals surface area contributed by atoms with Crippen LogP contribution >= 0.6 is 11.6 Å². The Hall–Kier alpha value is -2.04. The van der Waals surface area contributed by atoms with Crippen molar-refractivity contribution in [1.29, 1.82) is 5.26 Å². The summed E-state index contributed by atoms with van der Waals surface area (Å²) in [7, 11) is -3.69. The maximum absolute atomic E-state index is 11.8. The molecule has 2 rings (SSSR count). The fourth-order valence-corrected chi connectivity index (χ4v) is 2.45. The highest BCUT2D eigenvalue weighted by Gasteiger charge is 2.15. The second kappa shape index (κ2) is 4.68. The molecular formula is C10H7ClN4O2S. The van der Waals surface area contributed by atoms with Crippen LogP contribution in [0, 0.1) is 11.3 Å². The van der Waals surface area contributed by atoms with Gasteiger partial charge >= 0.3 is 0 Å². The Kier molecular flexibility index (Phi) is 3.23. The van der Waals surface area contributed by atoms with Crippen LogP contribution in [0.3, 0.4) is 0 Å². The predicted octanol–water partition coefficient (Wildman–Crippen LogP) is 1.74. The maximum Gasteiger partial charge on any atom is 0.265 e. The molecule has 92 valence electrons. The summed E-state index contributed by atoms with van der Waals surface area (Å²) in [4.78, 5) is 0.0167. The topological polar surface area (TPSA) is 98.6 Å². The third-order valence-corrected chi connectivity index (χ3v) is 3.79. The number of hydrogen-bond acceptors (Lipinski definition) is 4. The minimum atomic E-state index is -3.69. The summed E-state index contributed by atoms with van der Waals surface area (Å²) in [6.45, 7) is 0. The zero-order valence-corrected chi connectivity index (χ0v) is 10.5. The van der Waals surface area contributed by atoms with Gasteiger partial charge in [-0.3, -0.25) is 9.82 Å². The molecule has 0 aliphatic rings. The van der Waals surface area contributed by atoms with Crippen molar-refractivity contribution in [2.45, 2.75) is 4.90 Å². The van der Waals surface area contributed by atoms with E-state index in [-0.39, 0.29) is 21.2 Å². The number of nitriles is 1. The number of sulfonamides is 1. The molecule has 0 bridgehead atoms. The highest BCUT2D eigenvalue weighted by atomic mass is 35.5. The van der Waals surface area contributed by atoms with Crippen molar-refractivity contribution in [1.82, 2.24) is 10.2 Å². The predicted molar refractivity (Wildman–Crippen MR) is 65.6 cm³/mol. The van der Waals surface area contributed by atoms with Crippen LogP contribution in [0.25, 0.3) is 0 Å². The fraction of sp³-hybridized carbons (Fsp3) is 0. The van der Waals surface area contributed by atoms with Crippen LogP contribution in [0.4, 0.5) is 5.69 Å². The van der Waals surface area contributed by atoms with Crippen molar-refractivity contribution in [3.8, 4) is 6.07 Å². The Balaban J connectivity index is 2.31. The van der Waals surface area contributed by atoms with Crippen LogP contribution in [0.15, 0.2) is 35.5 Å². The number of H-pyrrole nitrogens is 1. The van der Waals surface area contributed by atoms with Crippen LogP contribution in [-0.4, -0.2) is 18.6 Å². The smallest absolute Gasteiger partial charge is 0.265 e. The van der Waals surface area contributed by atoms with Crippen molar-refractivity contribution in [2.24, 2.45) is 0 Å². The lowest BCUT2D eigenvalue weighted by Crippen LogP contribution is -2.12. The Morgan fingerprint density at radius 2 is 2.22 bits per heavy atom. The Morgan fingerprint density at radius 1 is 1.44 bits per heavy atom. The molecule has 0 saturated carbocycles. The van der Waals surface area contributed by atoms with E-state index in [1.54, 1.807) is 0 Å². The van der Waals surface area contributed by atoms with Gasteiger partial charge in [0.05, 0.1) is 22.5 Å². The molecule has 0 atom stereocenters. The molecule has 0 amide bonds. The van der Waals surface area contributed by atoms with Crippen molar-refractivity contribution in [3.05, 3.63) is 41.2 Å². The van der Waals surface area contributed by atoms with E-state index in [9.17, 15) is 8.42 Å². The molecular weight excluding hydrogens is 276 g/mol. The van der Waals surface area contributed by atoms with Crippen molar-refractivity contribution in [2.75, 3.05) is 4.72 Å². The van der Waals surface area contributed by atoms with Gasteiger partial charge in [-0.25, -0.2) is 8.42 Å². The number of nitrogens with zero attached hydrogens (tertiary/aromatic N) is 2. The minimum Gasteiger partial charge on any atom is -0.284 e. The molecule has 0 spiro atoms. The Labute approximate surface area is 108 Å². The molecule has 2 aromatic rings. The number of anilines is 1. The Morgan fingerprint density at radius 3 is 2.78 bits per heavy atom. The van der Waals surface area contributed by atoms with E-state index in [2.05, 4.69) is 14.9 Å². The number of benzene rings is 1. The van der Waals surface area contributed by atoms with Gasteiger partial charge in [0.1, 0.15) is 11.0 Å². The van der Waals surface area contributed by atoms with E-state index in [0.717, 1.165) is 0 Å². The van der Waals surface area contributed by atoms with E-state index < -0.39 is 10.0 Å². The lowest BCUT2D eigenvalue weighted by Gasteiger charge is -2.06. The van der Waals surface area contributed by atoms with Gasteiger partial charge < -0.3 is 0 Å². The van der Waals surface area contributed by atoms with Crippen LogP contribution in [0.2, 0.25) is 5.02 Å². The summed E-state index contributed by atoms with van der Waals surface area (Å²) >= 11 is 5.81. The molecule has 0 aliphatic carbocycles. The highest BCUT2D eigenvalue weighted by Crippen LogP contribution is 2.22. The summed E-state index contributed by atoms with van der Waals surface area (Å²) in [6.07, 6.45) is 2.45. The van der Waals surface area contributed by atoms with E-state index in [1.165, 1.54) is 30.6 Å². The van der Waals surface area contributed by atoms with E-state index >= 15 is 0 Å². The molecule has 18 heavy (non-hydrogen) atoms. The van der Waals surface area contributed by atoms with Gasteiger partial charge in [-0.1, -0.05) is 11.6 Å². The second-order valence-electron chi connectivity index (χ2n) is 3.35. The molecule has 0 fully saturated rings. The molecule has 1 heterocycles. The van der Waals surface area contributed by atoms with Crippen LogP contribution in [-0.2, 0) is 10.0 Å². The van der Waals surface area contributed by atoms with E-state index in [4.69, 9.17) is 16.9 Å². The zero-order chi connectivity index (χ0) is 13.2. The molecule has 0 aliphatic heterocycles. The zero-order valence-electron chi connectivity index (χ0n) is 8.88. The SMILES string of the molecule is N#Cc1ccc(NS(=O)(=O)c2cn[nH]c2)cc1Cl. The monoisotopic (exact) mass is 282 g/mol. The molecule has 0 unspecified atom stereocenters. The largest absolute Gasteiger partial charge is 0.284 e. The third-order valence-electron chi connectivity index (χ3n) is 2.13. The van der Waals surface area contributed by atoms with Crippen LogP contribution < -0.4 is 4.72 Å². The Bertz CT molecular complexity index is 704. The number of hydrogen-bond donors (Lipinski definition) is 2. The summed E-state index contributed by atoms with van der Waals surface area (Å²) < 4.78 is 26.0. The van der Waals surface area contributed by atoms with Crippen molar-refractivity contribution in [3.63, 3.8) is 0 Å². The molecule has 2 N–H and O–H groups in total. The van der Waals surface area contributed by atoms with Crippen molar-refractivity contribution < 1.29 is 8.42 Å². The number of aromatic amines is 1. The maximum atomic E-state index is 11.8. The highest BCUT2D eigenvalue weighted by molar-refractivity contribution is 7.92. The van der Waals surface area contributed by atoms with Gasteiger partial charge in [-0.05, 0) is 18.2 Å². The molecule has 0 saturated heterocycles. The first-order valence-electron chi connectivity index (χ1n) is 4.74. The fourth-order valence-electron chi connectivity index (χ4n) is 1.27. The second-order valence-corrected chi connectivity index (χ2v) is 5.44. The first-order chi connectivity index (χ1) is 8.53. The first-order valence-corrected chi connectivity index (χ1v) is 6.60. The first kappa shape index (κ1) is 12.4. The van der Waals surface area contributed by atoms with Gasteiger partial charge in [0.25, 0.3) is 10.0 Å². The average Bonchev–Trinajstić information content (AvgIpc) is 2.82. The van der Waals surface area contributed by atoms with Gasteiger partial charge in [0.2, 0.25) is 0 Å². The van der Waals surface area contributed by atoms with Gasteiger partial charge in [-0.2, -0.15) is 10.4 Å². The number of aromatic nitrogens is 2. The number of halogens is 1. The normalized spacial score (nSPS) is 10.9. The molecule has 1 aromatic carbocycles. The third kappa shape index (κ3) is 2.45. The van der Waals surface area contributed by atoms with Crippen LogP contribution in [0.1, 0.15) is 5.56 Å². The standard InChI is InChI=1S/C10H7ClN4O2S/c11-10-3-8(2-1-7(10)4-12)15-18(16,17)9-5-13-14-6-9/h1-3,5-6,15H,(H,13,14). The quantitative estimate of drug-likeness (QED) is 0.895. The summed E-state index contributed by atoms with van der Waals surface area (Å²) in [6, 6.07) is 6.16. The van der Waals surface area contributed by atoms with Gasteiger partial charge in [-0.15, -0.1) is 0 Å².